The second kappa shape index (κ2) is 4.09. The van der Waals surface area contributed by atoms with Crippen LogP contribution in [0.25, 0.3) is 0 Å². The first-order chi connectivity index (χ1) is 8.20. The lowest BCUT2D eigenvalue weighted by Gasteiger charge is -2.39. The first kappa shape index (κ1) is 11.2. The summed E-state index contributed by atoms with van der Waals surface area (Å²) in [5, 5.41) is 3.23. The highest BCUT2D eigenvalue weighted by Gasteiger charge is 2.47. The van der Waals surface area contributed by atoms with Crippen molar-refractivity contribution in [2.75, 3.05) is 13.1 Å². The van der Waals surface area contributed by atoms with Gasteiger partial charge in [0.15, 0.2) is 0 Å². The fourth-order valence-electron chi connectivity index (χ4n) is 3.76. The van der Waals surface area contributed by atoms with Crippen molar-refractivity contribution in [3.8, 4) is 0 Å². The SMILES string of the molecule is O=C1CC2(CCCC2)CC(=O)N1C1CCNC1. The van der Waals surface area contributed by atoms with Crippen LogP contribution in [-0.2, 0) is 9.59 Å². The Bertz CT molecular complexity index is 321. The quantitative estimate of drug-likeness (QED) is 0.693. The minimum atomic E-state index is 0.0384. The molecule has 0 aromatic rings. The van der Waals surface area contributed by atoms with Crippen LogP contribution in [0.5, 0.6) is 0 Å². The number of imide groups is 1. The monoisotopic (exact) mass is 236 g/mol. The maximum Gasteiger partial charge on any atom is 0.230 e. The van der Waals surface area contributed by atoms with Gasteiger partial charge in [-0.05, 0) is 31.2 Å². The van der Waals surface area contributed by atoms with Crippen molar-refractivity contribution in [3.05, 3.63) is 0 Å². The predicted octanol–water partition coefficient (Wildman–Crippen LogP) is 1.06. The molecule has 2 amide bonds. The third kappa shape index (κ3) is 1.88. The van der Waals surface area contributed by atoms with E-state index in [0.29, 0.717) is 12.8 Å². The summed E-state index contributed by atoms with van der Waals surface area (Å²) in [5.41, 5.74) is 0.0384. The molecule has 0 radical (unpaired) electrons. The summed E-state index contributed by atoms with van der Waals surface area (Å²) in [4.78, 5) is 26.0. The standard InChI is InChI=1S/C13H20N2O2/c16-11-7-13(4-1-2-5-13)8-12(17)15(11)10-3-6-14-9-10/h10,14H,1-9H2. The molecule has 1 unspecified atom stereocenters. The molecule has 0 aromatic heterocycles. The van der Waals surface area contributed by atoms with Crippen LogP contribution in [-0.4, -0.2) is 35.8 Å². The van der Waals surface area contributed by atoms with Crippen molar-refractivity contribution in [2.45, 2.75) is 51.0 Å². The summed E-state index contributed by atoms with van der Waals surface area (Å²) in [6.45, 7) is 1.71. The maximum atomic E-state index is 12.2. The van der Waals surface area contributed by atoms with Crippen LogP contribution in [0.2, 0.25) is 0 Å². The highest BCUT2D eigenvalue weighted by Crippen LogP contribution is 2.47. The Kier molecular flexibility index (Phi) is 2.69. The fraction of sp³-hybridized carbons (Fsp3) is 0.846. The zero-order valence-electron chi connectivity index (χ0n) is 10.2. The van der Waals surface area contributed by atoms with Gasteiger partial charge in [0.2, 0.25) is 11.8 Å². The van der Waals surface area contributed by atoms with Crippen molar-refractivity contribution in [1.29, 1.82) is 0 Å². The van der Waals surface area contributed by atoms with E-state index in [2.05, 4.69) is 5.32 Å². The van der Waals surface area contributed by atoms with Gasteiger partial charge in [-0.15, -0.1) is 0 Å². The molecule has 4 nitrogen and oxygen atoms in total. The molecule has 17 heavy (non-hydrogen) atoms. The summed E-state index contributed by atoms with van der Waals surface area (Å²) < 4.78 is 0. The molecule has 94 valence electrons. The van der Waals surface area contributed by atoms with Crippen molar-refractivity contribution in [3.63, 3.8) is 0 Å². The Morgan fingerprint density at radius 1 is 1.12 bits per heavy atom. The van der Waals surface area contributed by atoms with E-state index in [0.717, 1.165) is 32.4 Å². The lowest BCUT2D eigenvalue weighted by Crippen LogP contribution is -2.52. The first-order valence-electron chi connectivity index (χ1n) is 6.76. The van der Waals surface area contributed by atoms with Gasteiger partial charge < -0.3 is 5.32 Å². The van der Waals surface area contributed by atoms with Crippen LogP contribution in [0.1, 0.15) is 44.9 Å². The Balaban J connectivity index is 1.76. The molecule has 2 aliphatic heterocycles. The molecular formula is C13H20N2O2. The van der Waals surface area contributed by atoms with Crippen LogP contribution in [0.3, 0.4) is 0 Å². The number of nitrogens with zero attached hydrogens (tertiary/aromatic N) is 1. The Morgan fingerprint density at radius 3 is 2.29 bits per heavy atom. The summed E-state index contributed by atoms with van der Waals surface area (Å²) >= 11 is 0. The lowest BCUT2D eigenvalue weighted by atomic mass is 9.76. The van der Waals surface area contributed by atoms with E-state index in [9.17, 15) is 9.59 Å². The summed E-state index contributed by atoms with van der Waals surface area (Å²) in [6.07, 6.45) is 6.65. The average molecular weight is 236 g/mol. The second-order valence-corrected chi connectivity index (χ2v) is 5.86. The highest BCUT2D eigenvalue weighted by atomic mass is 16.2. The summed E-state index contributed by atoms with van der Waals surface area (Å²) in [6, 6.07) is 0.119. The van der Waals surface area contributed by atoms with Crippen LogP contribution in [0, 0.1) is 5.41 Å². The number of piperidine rings is 1. The second-order valence-electron chi connectivity index (χ2n) is 5.86. The van der Waals surface area contributed by atoms with E-state index in [4.69, 9.17) is 0 Å². The number of amides is 2. The Morgan fingerprint density at radius 2 is 1.76 bits per heavy atom. The zero-order chi connectivity index (χ0) is 11.9. The highest BCUT2D eigenvalue weighted by molar-refractivity contribution is 5.99. The third-order valence-electron chi connectivity index (χ3n) is 4.65. The van der Waals surface area contributed by atoms with Gasteiger partial charge in [0, 0.05) is 19.4 Å². The molecule has 3 fully saturated rings. The molecule has 3 rings (SSSR count). The van der Waals surface area contributed by atoms with Crippen molar-refractivity contribution in [1.82, 2.24) is 10.2 Å². The number of carbonyl (C=O) groups excluding carboxylic acids is 2. The third-order valence-corrected chi connectivity index (χ3v) is 4.65. The molecule has 0 bridgehead atoms. The molecule has 1 N–H and O–H groups in total. The van der Waals surface area contributed by atoms with Gasteiger partial charge in [-0.3, -0.25) is 14.5 Å². The molecule has 2 saturated heterocycles. The van der Waals surface area contributed by atoms with Gasteiger partial charge in [-0.1, -0.05) is 12.8 Å². The number of rotatable bonds is 1. The largest absolute Gasteiger partial charge is 0.315 e. The van der Waals surface area contributed by atoms with Crippen LogP contribution >= 0.6 is 0 Å². The van der Waals surface area contributed by atoms with Gasteiger partial charge in [0.1, 0.15) is 0 Å². The van der Waals surface area contributed by atoms with E-state index in [-0.39, 0.29) is 23.3 Å². The van der Waals surface area contributed by atoms with Gasteiger partial charge in [0.05, 0.1) is 6.04 Å². The van der Waals surface area contributed by atoms with E-state index in [1.54, 1.807) is 4.90 Å². The number of nitrogens with one attached hydrogen (secondary N) is 1. The van der Waals surface area contributed by atoms with Crippen LogP contribution in [0.4, 0.5) is 0 Å². The van der Waals surface area contributed by atoms with Gasteiger partial charge >= 0.3 is 0 Å². The minimum absolute atomic E-state index is 0.0384. The van der Waals surface area contributed by atoms with E-state index in [1.807, 2.05) is 0 Å². The van der Waals surface area contributed by atoms with E-state index in [1.165, 1.54) is 12.8 Å². The summed E-state index contributed by atoms with van der Waals surface area (Å²) in [5.74, 6) is 0.161. The molecule has 1 aliphatic carbocycles. The van der Waals surface area contributed by atoms with Crippen molar-refractivity contribution < 1.29 is 9.59 Å². The van der Waals surface area contributed by atoms with Gasteiger partial charge in [-0.25, -0.2) is 0 Å². The fourth-order valence-corrected chi connectivity index (χ4v) is 3.76. The van der Waals surface area contributed by atoms with Gasteiger partial charge in [0.25, 0.3) is 0 Å². The maximum absolute atomic E-state index is 12.2. The van der Waals surface area contributed by atoms with Crippen molar-refractivity contribution >= 4 is 11.8 Å². The minimum Gasteiger partial charge on any atom is -0.315 e. The smallest absolute Gasteiger partial charge is 0.230 e. The van der Waals surface area contributed by atoms with Crippen LogP contribution in [0.15, 0.2) is 0 Å². The molecule has 1 atom stereocenters. The number of carbonyl (C=O) groups is 2. The molecule has 3 aliphatic rings. The molecule has 4 heteroatoms. The molecular weight excluding hydrogens is 216 g/mol. The van der Waals surface area contributed by atoms with E-state index >= 15 is 0 Å². The Hall–Kier alpha value is -0.900. The molecule has 0 aromatic carbocycles. The first-order valence-corrected chi connectivity index (χ1v) is 6.76. The molecule has 1 spiro atoms. The number of hydrogen-bond donors (Lipinski definition) is 1. The number of hydrogen-bond acceptors (Lipinski definition) is 3. The topological polar surface area (TPSA) is 49.4 Å². The predicted molar refractivity (Wildman–Crippen MR) is 63.3 cm³/mol. The zero-order valence-corrected chi connectivity index (χ0v) is 10.2. The normalized spacial score (nSPS) is 32.7. The summed E-state index contributed by atoms with van der Waals surface area (Å²) in [7, 11) is 0. The lowest BCUT2D eigenvalue weighted by molar-refractivity contribution is -0.155. The van der Waals surface area contributed by atoms with E-state index < -0.39 is 0 Å². The van der Waals surface area contributed by atoms with Crippen molar-refractivity contribution in [2.24, 2.45) is 5.41 Å². The van der Waals surface area contributed by atoms with Gasteiger partial charge in [-0.2, -0.15) is 0 Å². The average Bonchev–Trinajstić information content (AvgIpc) is 2.89. The molecule has 1 saturated carbocycles. The molecule has 2 heterocycles. The Labute approximate surface area is 102 Å². The van der Waals surface area contributed by atoms with Crippen LogP contribution < -0.4 is 5.32 Å². The number of likely N-dealkylation sites (tertiary alicyclic amines) is 1.